The number of rotatable bonds is 6. The van der Waals surface area contributed by atoms with Crippen LogP contribution in [0.4, 0.5) is 0 Å². The van der Waals surface area contributed by atoms with Gasteiger partial charge in [-0.3, -0.25) is 4.79 Å². The highest BCUT2D eigenvalue weighted by Gasteiger charge is 2.30. The van der Waals surface area contributed by atoms with Crippen LogP contribution < -0.4 is 0 Å². The van der Waals surface area contributed by atoms with E-state index in [1.807, 2.05) is 13.8 Å². The van der Waals surface area contributed by atoms with Crippen LogP contribution in [0.2, 0.25) is 0 Å². The Hall–Kier alpha value is -0.960. The van der Waals surface area contributed by atoms with E-state index in [1.165, 1.54) is 15.6 Å². The summed E-state index contributed by atoms with van der Waals surface area (Å²) in [4.78, 5) is 14.9. The Morgan fingerprint density at radius 2 is 1.91 bits per heavy atom. The van der Waals surface area contributed by atoms with E-state index in [-0.39, 0.29) is 6.42 Å². The minimum absolute atomic E-state index is 0.159. The summed E-state index contributed by atoms with van der Waals surface area (Å²) in [5.74, 6) is -0.787. The van der Waals surface area contributed by atoms with Gasteiger partial charge in [-0.25, -0.2) is 8.42 Å². The van der Waals surface area contributed by atoms with Gasteiger partial charge in [0.15, 0.2) is 0 Å². The Kier molecular flexibility index (Phi) is 5.60. The van der Waals surface area contributed by atoms with Crippen molar-refractivity contribution >= 4 is 27.3 Å². The third-order valence-electron chi connectivity index (χ3n) is 3.81. The molecule has 0 saturated carbocycles. The molecule has 0 radical (unpaired) electrons. The average molecular weight is 346 g/mol. The van der Waals surface area contributed by atoms with Gasteiger partial charge in [0.2, 0.25) is 10.0 Å². The molecule has 1 saturated heterocycles. The summed E-state index contributed by atoms with van der Waals surface area (Å²) in [7, 11) is -3.41. The van der Waals surface area contributed by atoms with Crippen molar-refractivity contribution in [2.24, 2.45) is 0 Å². The van der Waals surface area contributed by atoms with Crippen molar-refractivity contribution in [3.63, 3.8) is 0 Å². The number of piperazine rings is 1. The Labute approximate surface area is 135 Å². The highest BCUT2D eigenvalue weighted by molar-refractivity contribution is 7.89. The maximum absolute atomic E-state index is 12.7. The topological polar surface area (TPSA) is 77.9 Å². The molecule has 22 heavy (non-hydrogen) atoms. The molecule has 0 atom stereocenters. The lowest BCUT2D eigenvalue weighted by atomic mass is 10.2. The fourth-order valence-corrected chi connectivity index (χ4v) is 5.60. The van der Waals surface area contributed by atoms with E-state index in [0.717, 1.165) is 9.75 Å². The number of carboxylic acids is 1. The van der Waals surface area contributed by atoms with E-state index in [0.29, 0.717) is 44.0 Å². The van der Waals surface area contributed by atoms with Gasteiger partial charge < -0.3 is 10.0 Å². The molecule has 0 bridgehead atoms. The van der Waals surface area contributed by atoms with E-state index < -0.39 is 16.0 Å². The second-order valence-electron chi connectivity index (χ2n) is 5.52. The fraction of sp³-hybridized carbons (Fsp3) is 0.643. The zero-order chi connectivity index (χ0) is 16.3. The Balaban J connectivity index is 1.93. The second kappa shape index (κ2) is 7.08. The largest absolute Gasteiger partial charge is 0.481 e. The summed E-state index contributed by atoms with van der Waals surface area (Å²) in [6.45, 7) is 6.69. The predicted octanol–water partition coefficient (Wildman–Crippen LogP) is 1.54. The van der Waals surface area contributed by atoms with Crippen molar-refractivity contribution in [3.8, 4) is 0 Å². The molecule has 0 spiro atoms. The summed E-state index contributed by atoms with van der Waals surface area (Å²) in [6, 6.07) is 1.74. The SMILES string of the molecule is Cc1cc(S(=O)(=O)N2CCN(CCCC(=O)O)CC2)c(C)s1. The molecule has 1 aliphatic heterocycles. The highest BCUT2D eigenvalue weighted by atomic mass is 32.2. The van der Waals surface area contributed by atoms with E-state index in [9.17, 15) is 13.2 Å². The quantitative estimate of drug-likeness (QED) is 0.845. The zero-order valence-corrected chi connectivity index (χ0v) is 14.5. The number of nitrogens with zero attached hydrogens (tertiary/aromatic N) is 2. The van der Waals surface area contributed by atoms with Gasteiger partial charge >= 0.3 is 5.97 Å². The lowest BCUT2D eigenvalue weighted by Crippen LogP contribution is -2.48. The van der Waals surface area contributed by atoms with Crippen LogP contribution in [-0.4, -0.2) is 61.4 Å². The molecular weight excluding hydrogens is 324 g/mol. The van der Waals surface area contributed by atoms with Gasteiger partial charge in [0.1, 0.15) is 0 Å². The molecule has 2 heterocycles. The monoisotopic (exact) mass is 346 g/mol. The van der Waals surface area contributed by atoms with Crippen LogP contribution in [0.5, 0.6) is 0 Å². The Morgan fingerprint density at radius 1 is 1.27 bits per heavy atom. The summed E-state index contributed by atoms with van der Waals surface area (Å²) in [6.07, 6.45) is 0.761. The highest BCUT2D eigenvalue weighted by Crippen LogP contribution is 2.28. The third-order valence-corrected chi connectivity index (χ3v) is 6.93. The van der Waals surface area contributed by atoms with Gasteiger partial charge in [0.25, 0.3) is 0 Å². The molecule has 0 aliphatic carbocycles. The van der Waals surface area contributed by atoms with Crippen LogP contribution in [-0.2, 0) is 14.8 Å². The van der Waals surface area contributed by atoms with Crippen LogP contribution in [0, 0.1) is 13.8 Å². The number of sulfonamides is 1. The predicted molar refractivity (Wildman–Crippen MR) is 85.9 cm³/mol. The summed E-state index contributed by atoms with van der Waals surface area (Å²) >= 11 is 1.50. The maximum Gasteiger partial charge on any atom is 0.303 e. The van der Waals surface area contributed by atoms with E-state index in [2.05, 4.69) is 4.90 Å². The van der Waals surface area contributed by atoms with E-state index in [4.69, 9.17) is 5.11 Å². The third kappa shape index (κ3) is 4.07. The number of carboxylic acid groups (broad SMARTS) is 1. The van der Waals surface area contributed by atoms with Gasteiger partial charge in [0.05, 0.1) is 4.90 Å². The molecule has 1 aromatic heterocycles. The van der Waals surface area contributed by atoms with Gasteiger partial charge in [-0.05, 0) is 32.9 Å². The molecule has 0 unspecified atom stereocenters. The molecule has 8 heteroatoms. The molecule has 1 fully saturated rings. The van der Waals surface area contributed by atoms with Crippen molar-refractivity contribution in [1.29, 1.82) is 0 Å². The average Bonchev–Trinajstić information content (AvgIpc) is 2.78. The Morgan fingerprint density at radius 3 is 2.41 bits per heavy atom. The van der Waals surface area contributed by atoms with Crippen LogP contribution in [0.25, 0.3) is 0 Å². The Bertz CT molecular complexity index is 631. The van der Waals surface area contributed by atoms with Crippen molar-refractivity contribution in [3.05, 3.63) is 15.8 Å². The first kappa shape index (κ1) is 17.4. The number of hydrogen-bond acceptors (Lipinski definition) is 5. The van der Waals surface area contributed by atoms with Crippen LogP contribution in [0.3, 0.4) is 0 Å². The van der Waals surface area contributed by atoms with Crippen molar-refractivity contribution in [2.75, 3.05) is 32.7 Å². The number of thiophene rings is 1. The summed E-state index contributed by atoms with van der Waals surface area (Å²) in [5, 5.41) is 8.64. The standard InChI is InChI=1S/C14H22N2O4S2/c1-11-10-13(12(2)21-11)22(19,20)16-8-6-15(7-9-16)5-3-4-14(17)18/h10H,3-9H2,1-2H3,(H,17,18). The molecule has 0 amide bonds. The van der Waals surface area contributed by atoms with Crippen molar-refractivity contribution < 1.29 is 18.3 Å². The number of aryl methyl sites for hydroxylation is 2. The smallest absolute Gasteiger partial charge is 0.303 e. The number of carbonyl (C=O) groups is 1. The van der Waals surface area contributed by atoms with Crippen molar-refractivity contribution in [1.82, 2.24) is 9.21 Å². The lowest BCUT2D eigenvalue weighted by molar-refractivity contribution is -0.137. The minimum atomic E-state index is -3.41. The van der Waals surface area contributed by atoms with Gasteiger partial charge in [0, 0.05) is 42.4 Å². The summed E-state index contributed by atoms with van der Waals surface area (Å²) < 4.78 is 26.9. The normalized spacial score (nSPS) is 17.7. The first-order chi connectivity index (χ1) is 10.3. The zero-order valence-electron chi connectivity index (χ0n) is 12.9. The molecule has 1 aromatic rings. The molecule has 0 aromatic carbocycles. The number of hydrogen-bond donors (Lipinski definition) is 1. The molecule has 124 valence electrons. The van der Waals surface area contributed by atoms with Crippen molar-refractivity contribution in [2.45, 2.75) is 31.6 Å². The molecule has 1 N–H and O–H groups in total. The fourth-order valence-electron chi connectivity index (χ4n) is 2.65. The second-order valence-corrected chi connectivity index (χ2v) is 8.89. The number of aliphatic carboxylic acids is 1. The van der Waals surface area contributed by atoms with Crippen LogP contribution in [0.15, 0.2) is 11.0 Å². The van der Waals surface area contributed by atoms with Crippen LogP contribution in [0.1, 0.15) is 22.6 Å². The maximum atomic E-state index is 12.7. The van der Waals surface area contributed by atoms with E-state index >= 15 is 0 Å². The first-order valence-electron chi connectivity index (χ1n) is 7.32. The van der Waals surface area contributed by atoms with E-state index in [1.54, 1.807) is 6.07 Å². The summed E-state index contributed by atoms with van der Waals surface area (Å²) in [5.41, 5.74) is 0. The van der Waals surface area contributed by atoms with Gasteiger partial charge in [-0.2, -0.15) is 4.31 Å². The minimum Gasteiger partial charge on any atom is -0.481 e. The lowest BCUT2D eigenvalue weighted by Gasteiger charge is -2.33. The molecule has 1 aliphatic rings. The van der Waals surface area contributed by atoms with Gasteiger partial charge in [-0.15, -0.1) is 11.3 Å². The molecule has 2 rings (SSSR count). The molecule has 6 nitrogen and oxygen atoms in total. The van der Waals surface area contributed by atoms with Gasteiger partial charge in [-0.1, -0.05) is 0 Å². The molecular formula is C14H22N2O4S2. The first-order valence-corrected chi connectivity index (χ1v) is 9.57. The van der Waals surface area contributed by atoms with Crippen LogP contribution >= 0.6 is 11.3 Å².